The number of nitrogens with zero attached hydrogens (tertiary/aromatic N) is 1. The summed E-state index contributed by atoms with van der Waals surface area (Å²) in [6.45, 7) is 5.19. The molecule has 3 heteroatoms. The molecule has 0 bridgehead atoms. The van der Waals surface area contributed by atoms with Crippen molar-refractivity contribution in [1.82, 2.24) is 0 Å². The van der Waals surface area contributed by atoms with Gasteiger partial charge in [0.25, 0.3) is 0 Å². The summed E-state index contributed by atoms with van der Waals surface area (Å²) in [6, 6.07) is 4.30. The van der Waals surface area contributed by atoms with E-state index in [1.807, 2.05) is 0 Å². The van der Waals surface area contributed by atoms with E-state index in [1.165, 1.54) is 22.0 Å². The van der Waals surface area contributed by atoms with E-state index in [0.29, 0.717) is 0 Å². The zero-order chi connectivity index (χ0) is 10.8. The molecule has 2 nitrogen and oxygen atoms in total. The number of hydrogen-bond donors (Lipinski definition) is 1. The number of hydrogen-bond acceptors (Lipinski definition) is 2. The topological polar surface area (TPSA) is 24.4 Å². The van der Waals surface area contributed by atoms with Crippen LogP contribution in [0.15, 0.2) is 21.6 Å². The average Bonchev–Trinajstić information content (AvgIpc) is 2.66. The van der Waals surface area contributed by atoms with Crippen LogP contribution in [0.25, 0.3) is 0 Å². The summed E-state index contributed by atoms with van der Waals surface area (Å²) in [6.07, 6.45) is 2.25. The molecule has 1 aliphatic heterocycles. The molecule has 1 aromatic carbocycles. The fourth-order valence-electron chi connectivity index (χ4n) is 1.83. The highest BCUT2D eigenvalue weighted by Gasteiger charge is 2.07. The van der Waals surface area contributed by atoms with E-state index < -0.39 is 0 Å². The van der Waals surface area contributed by atoms with Crippen LogP contribution in [0.3, 0.4) is 0 Å². The minimum absolute atomic E-state index is 0.969. The maximum Gasteiger partial charge on any atom is 0.101 e. The first-order valence-electron chi connectivity index (χ1n) is 5.24. The Bertz CT molecular complexity index is 387. The Morgan fingerprint density at radius 2 is 1.93 bits per heavy atom. The lowest BCUT2D eigenvalue weighted by molar-refractivity contribution is 0.951. The first-order chi connectivity index (χ1) is 7.16. The van der Waals surface area contributed by atoms with E-state index in [9.17, 15) is 0 Å². The van der Waals surface area contributed by atoms with Gasteiger partial charge in [-0.15, -0.1) is 0 Å². The number of anilines is 1. The van der Waals surface area contributed by atoms with E-state index >= 15 is 0 Å². The minimum atomic E-state index is 0.969. The third-order valence-corrected chi connectivity index (χ3v) is 3.85. The van der Waals surface area contributed by atoms with Crippen LogP contribution in [0.5, 0.6) is 0 Å². The zero-order valence-corrected chi connectivity index (χ0v) is 10.7. The SMILES string of the molecule is Cc1cc(NC2=NCCC2)cc(C)c1Br. The Balaban J connectivity index is 2.22. The summed E-state index contributed by atoms with van der Waals surface area (Å²) < 4.78 is 1.20. The van der Waals surface area contributed by atoms with Crippen LogP contribution in [-0.2, 0) is 0 Å². The van der Waals surface area contributed by atoms with Gasteiger partial charge >= 0.3 is 0 Å². The van der Waals surface area contributed by atoms with Crippen molar-refractivity contribution in [3.8, 4) is 0 Å². The van der Waals surface area contributed by atoms with Crippen molar-refractivity contribution in [2.45, 2.75) is 26.7 Å². The van der Waals surface area contributed by atoms with Gasteiger partial charge in [-0.05, 0) is 43.5 Å². The molecule has 2 rings (SSSR count). The molecule has 1 N–H and O–H groups in total. The first-order valence-corrected chi connectivity index (χ1v) is 6.03. The molecule has 80 valence electrons. The van der Waals surface area contributed by atoms with Crippen molar-refractivity contribution >= 4 is 27.5 Å². The van der Waals surface area contributed by atoms with Crippen molar-refractivity contribution in [2.24, 2.45) is 4.99 Å². The van der Waals surface area contributed by atoms with Gasteiger partial charge in [0.15, 0.2) is 0 Å². The zero-order valence-electron chi connectivity index (χ0n) is 9.10. The van der Waals surface area contributed by atoms with Gasteiger partial charge in [-0.3, -0.25) is 4.99 Å². The fourth-order valence-corrected chi connectivity index (χ4v) is 2.06. The molecule has 0 aliphatic carbocycles. The summed E-state index contributed by atoms with van der Waals surface area (Å²) in [7, 11) is 0. The van der Waals surface area contributed by atoms with Crippen LogP contribution in [0.1, 0.15) is 24.0 Å². The predicted molar refractivity (Wildman–Crippen MR) is 68.8 cm³/mol. The molecule has 0 radical (unpaired) electrons. The van der Waals surface area contributed by atoms with Gasteiger partial charge in [-0.25, -0.2) is 0 Å². The molecule has 0 saturated heterocycles. The van der Waals surface area contributed by atoms with E-state index in [1.54, 1.807) is 0 Å². The maximum atomic E-state index is 4.41. The molecule has 0 atom stereocenters. The molecular weight excluding hydrogens is 252 g/mol. The number of halogens is 1. The fraction of sp³-hybridized carbons (Fsp3) is 0.417. The summed E-state index contributed by atoms with van der Waals surface area (Å²) in [5, 5.41) is 3.38. The number of rotatable bonds is 1. The standard InChI is InChI=1S/C12H15BrN2/c1-8-6-10(7-9(2)12(8)13)15-11-4-3-5-14-11/h6-7H,3-5H2,1-2H3,(H,14,15). The second-order valence-electron chi connectivity index (χ2n) is 3.98. The molecular formula is C12H15BrN2. The summed E-state index contributed by atoms with van der Waals surface area (Å²) in [5.41, 5.74) is 3.67. The van der Waals surface area contributed by atoms with Gasteiger partial charge in [-0.1, -0.05) is 15.9 Å². The van der Waals surface area contributed by atoms with Crippen LogP contribution >= 0.6 is 15.9 Å². The molecule has 0 unspecified atom stereocenters. The number of amidine groups is 1. The van der Waals surface area contributed by atoms with Gasteiger partial charge < -0.3 is 5.32 Å². The van der Waals surface area contributed by atoms with Crippen molar-refractivity contribution in [3.05, 3.63) is 27.7 Å². The molecule has 0 aromatic heterocycles. The van der Waals surface area contributed by atoms with Crippen molar-refractivity contribution in [1.29, 1.82) is 0 Å². The van der Waals surface area contributed by atoms with E-state index in [-0.39, 0.29) is 0 Å². The lowest BCUT2D eigenvalue weighted by atomic mass is 10.1. The van der Waals surface area contributed by atoms with Crippen LogP contribution in [0, 0.1) is 13.8 Å². The second-order valence-corrected chi connectivity index (χ2v) is 4.77. The smallest absolute Gasteiger partial charge is 0.101 e. The number of nitrogens with one attached hydrogen (secondary N) is 1. The Labute approximate surface area is 98.9 Å². The summed E-state index contributed by atoms with van der Waals surface area (Å²) in [4.78, 5) is 4.41. The van der Waals surface area contributed by atoms with Crippen LogP contribution < -0.4 is 5.32 Å². The second kappa shape index (κ2) is 4.35. The third-order valence-electron chi connectivity index (χ3n) is 2.60. The quantitative estimate of drug-likeness (QED) is 0.824. The largest absolute Gasteiger partial charge is 0.344 e. The Hall–Kier alpha value is -0.830. The molecule has 0 spiro atoms. The lowest BCUT2D eigenvalue weighted by Crippen LogP contribution is -2.08. The van der Waals surface area contributed by atoms with Crippen LogP contribution in [-0.4, -0.2) is 12.4 Å². The number of aliphatic imine (C=N–C) groups is 1. The summed E-state index contributed by atoms with van der Waals surface area (Å²) in [5.74, 6) is 1.12. The molecule has 15 heavy (non-hydrogen) atoms. The highest BCUT2D eigenvalue weighted by Crippen LogP contribution is 2.25. The van der Waals surface area contributed by atoms with Gasteiger partial charge in [-0.2, -0.15) is 0 Å². The van der Waals surface area contributed by atoms with Crippen molar-refractivity contribution in [3.63, 3.8) is 0 Å². The van der Waals surface area contributed by atoms with E-state index in [2.05, 4.69) is 52.2 Å². The average molecular weight is 267 g/mol. The number of benzene rings is 1. The third kappa shape index (κ3) is 2.40. The first kappa shape index (κ1) is 10.7. The molecule has 0 fully saturated rings. The highest BCUT2D eigenvalue weighted by molar-refractivity contribution is 9.10. The van der Waals surface area contributed by atoms with Crippen molar-refractivity contribution < 1.29 is 0 Å². The molecule has 0 amide bonds. The van der Waals surface area contributed by atoms with Gasteiger partial charge in [0.05, 0.1) is 0 Å². The van der Waals surface area contributed by atoms with Gasteiger partial charge in [0.1, 0.15) is 5.84 Å². The Kier molecular flexibility index (Phi) is 3.10. The monoisotopic (exact) mass is 266 g/mol. The molecule has 1 heterocycles. The highest BCUT2D eigenvalue weighted by atomic mass is 79.9. The van der Waals surface area contributed by atoms with Crippen molar-refractivity contribution in [2.75, 3.05) is 11.9 Å². The Morgan fingerprint density at radius 3 is 2.47 bits per heavy atom. The maximum absolute atomic E-state index is 4.41. The van der Waals surface area contributed by atoms with E-state index in [4.69, 9.17) is 0 Å². The van der Waals surface area contributed by atoms with Gasteiger partial charge in [0, 0.05) is 23.1 Å². The Morgan fingerprint density at radius 1 is 1.27 bits per heavy atom. The number of aryl methyl sites for hydroxylation is 2. The minimum Gasteiger partial charge on any atom is -0.344 e. The molecule has 0 saturated carbocycles. The lowest BCUT2D eigenvalue weighted by Gasteiger charge is -2.10. The van der Waals surface area contributed by atoms with Crippen LogP contribution in [0.4, 0.5) is 5.69 Å². The van der Waals surface area contributed by atoms with Crippen LogP contribution in [0.2, 0.25) is 0 Å². The van der Waals surface area contributed by atoms with Gasteiger partial charge in [0.2, 0.25) is 0 Å². The summed E-state index contributed by atoms with van der Waals surface area (Å²) >= 11 is 3.57. The molecule has 1 aliphatic rings. The normalized spacial score (nSPS) is 15.3. The predicted octanol–water partition coefficient (Wildman–Crippen LogP) is 3.67. The van der Waals surface area contributed by atoms with E-state index in [0.717, 1.165) is 24.5 Å². The molecule has 1 aromatic rings.